The number of benzene rings is 3. The minimum absolute atomic E-state index is 0.00461. The van der Waals surface area contributed by atoms with Crippen LogP contribution in [0, 0.1) is 10.1 Å². The number of ether oxygens (including phenoxy) is 1. The van der Waals surface area contributed by atoms with Crippen LogP contribution in [0.25, 0.3) is 0 Å². The van der Waals surface area contributed by atoms with Crippen LogP contribution in [0.1, 0.15) is 16.7 Å². The zero-order chi connectivity index (χ0) is 21.5. The van der Waals surface area contributed by atoms with Gasteiger partial charge < -0.3 is 9.57 Å². The van der Waals surface area contributed by atoms with E-state index in [1.54, 1.807) is 36.4 Å². The normalized spacial score (nSPS) is 10.9. The van der Waals surface area contributed by atoms with E-state index in [1.165, 1.54) is 18.3 Å². The summed E-state index contributed by atoms with van der Waals surface area (Å²) in [7, 11) is 0. The second-order valence-corrected chi connectivity index (χ2v) is 7.86. The monoisotopic (exact) mass is 508 g/mol. The Hall–Kier alpha value is -2.61. The molecule has 0 aromatic heterocycles. The third-order valence-corrected chi connectivity index (χ3v) is 5.07. The predicted octanol–water partition coefficient (Wildman–Crippen LogP) is 6.79. The number of rotatable bonds is 8. The lowest BCUT2D eigenvalue weighted by Gasteiger charge is -2.11. The number of hydrogen-bond acceptors (Lipinski definition) is 5. The summed E-state index contributed by atoms with van der Waals surface area (Å²) in [5.74, 6) is 0.515. The standard InChI is InChI=1S/C21H15BrCl2N2O4/c22-19-9-16(11-25-30-13-15-2-1-3-18(8-15)26(27)28)10-20(24)21(19)29-12-14-4-6-17(23)7-5-14/h1-11H,12-13H2/b25-11-. The number of nitro benzene ring substituents is 1. The van der Waals surface area contributed by atoms with E-state index >= 15 is 0 Å². The SMILES string of the molecule is O=[N+]([O-])c1cccc(CO/N=C\c2cc(Cl)c(OCc3ccc(Cl)cc3)c(Br)c2)c1. The summed E-state index contributed by atoms with van der Waals surface area (Å²) in [5, 5.41) is 15.8. The van der Waals surface area contributed by atoms with Gasteiger partial charge in [0, 0.05) is 17.2 Å². The molecule has 0 radical (unpaired) electrons. The van der Waals surface area contributed by atoms with Crippen LogP contribution < -0.4 is 4.74 Å². The van der Waals surface area contributed by atoms with E-state index < -0.39 is 4.92 Å². The lowest BCUT2D eigenvalue weighted by atomic mass is 10.2. The molecule has 30 heavy (non-hydrogen) atoms. The van der Waals surface area contributed by atoms with E-state index in [0.717, 1.165) is 5.56 Å². The van der Waals surface area contributed by atoms with Crippen molar-refractivity contribution < 1.29 is 14.5 Å². The summed E-state index contributed by atoms with van der Waals surface area (Å²) in [5.41, 5.74) is 2.31. The molecule has 9 heteroatoms. The van der Waals surface area contributed by atoms with Gasteiger partial charge in [0.25, 0.3) is 5.69 Å². The maximum Gasteiger partial charge on any atom is 0.269 e. The van der Waals surface area contributed by atoms with Crippen LogP contribution in [0.2, 0.25) is 10.0 Å². The van der Waals surface area contributed by atoms with Gasteiger partial charge in [0.2, 0.25) is 0 Å². The molecule has 0 atom stereocenters. The Morgan fingerprint density at radius 1 is 1.03 bits per heavy atom. The van der Waals surface area contributed by atoms with E-state index in [4.69, 9.17) is 32.8 Å². The van der Waals surface area contributed by atoms with Crippen molar-refractivity contribution in [2.45, 2.75) is 13.2 Å². The molecular weight excluding hydrogens is 495 g/mol. The molecule has 0 saturated carbocycles. The highest BCUT2D eigenvalue weighted by atomic mass is 79.9. The fraction of sp³-hybridized carbons (Fsp3) is 0.0952. The number of oxime groups is 1. The maximum atomic E-state index is 10.8. The summed E-state index contributed by atoms with van der Waals surface area (Å²) < 4.78 is 6.48. The second-order valence-electron chi connectivity index (χ2n) is 6.16. The quantitative estimate of drug-likeness (QED) is 0.190. The third kappa shape index (κ3) is 6.19. The van der Waals surface area contributed by atoms with Crippen LogP contribution in [0.3, 0.4) is 0 Å². The van der Waals surface area contributed by atoms with Gasteiger partial charge in [-0.2, -0.15) is 0 Å². The minimum atomic E-state index is -0.455. The van der Waals surface area contributed by atoms with Gasteiger partial charge in [-0.1, -0.05) is 52.6 Å². The Balaban J connectivity index is 1.59. The molecule has 0 unspecified atom stereocenters. The molecule has 0 saturated heterocycles. The maximum absolute atomic E-state index is 10.8. The zero-order valence-corrected chi connectivity index (χ0v) is 18.5. The second kappa shape index (κ2) is 10.4. The molecule has 3 rings (SSSR count). The lowest BCUT2D eigenvalue weighted by Crippen LogP contribution is -1.97. The van der Waals surface area contributed by atoms with Crippen molar-refractivity contribution in [1.29, 1.82) is 0 Å². The number of nitrogens with zero attached hydrogens (tertiary/aromatic N) is 2. The number of nitro groups is 1. The highest BCUT2D eigenvalue weighted by Gasteiger charge is 2.10. The van der Waals surface area contributed by atoms with Gasteiger partial charge in [-0.15, -0.1) is 0 Å². The smallest absolute Gasteiger partial charge is 0.269 e. The number of hydrogen-bond donors (Lipinski definition) is 0. The van der Waals surface area contributed by atoms with Crippen molar-refractivity contribution in [2.24, 2.45) is 5.16 Å². The molecular formula is C21H15BrCl2N2O4. The van der Waals surface area contributed by atoms with E-state index in [-0.39, 0.29) is 12.3 Å². The molecule has 0 aliphatic heterocycles. The van der Waals surface area contributed by atoms with Crippen molar-refractivity contribution >= 4 is 51.0 Å². The summed E-state index contributed by atoms with van der Waals surface area (Å²) in [6.45, 7) is 0.449. The van der Waals surface area contributed by atoms with Crippen LogP contribution >= 0.6 is 39.1 Å². The predicted molar refractivity (Wildman–Crippen MR) is 120 cm³/mol. The van der Waals surface area contributed by atoms with Crippen LogP contribution in [0.4, 0.5) is 5.69 Å². The van der Waals surface area contributed by atoms with Crippen molar-refractivity contribution in [3.05, 3.63) is 102 Å². The Kier molecular flexibility index (Phi) is 7.68. The van der Waals surface area contributed by atoms with Crippen LogP contribution in [0.15, 0.2) is 70.3 Å². The first kappa shape index (κ1) is 22.1. The molecule has 154 valence electrons. The number of non-ortho nitro benzene ring substituents is 1. The first-order chi connectivity index (χ1) is 14.4. The molecule has 6 nitrogen and oxygen atoms in total. The van der Waals surface area contributed by atoms with Gasteiger partial charge in [-0.25, -0.2) is 0 Å². The Bertz CT molecular complexity index is 1050. The number of halogens is 3. The van der Waals surface area contributed by atoms with E-state index in [1.807, 2.05) is 12.1 Å². The van der Waals surface area contributed by atoms with Crippen molar-refractivity contribution in [1.82, 2.24) is 0 Å². The highest BCUT2D eigenvalue weighted by molar-refractivity contribution is 9.10. The fourth-order valence-electron chi connectivity index (χ4n) is 2.50. The molecule has 0 N–H and O–H groups in total. The average Bonchev–Trinajstić information content (AvgIpc) is 2.72. The summed E-state index contributed by atoms with van der Waals surface area (Å²) in [6.07, 6.45) is 1.50. The van der Waals surface area contributed by atoms with Gasteiger partial charge in [0.15, 0.2) is 5.75 Å². The molecule has 0 aliphatic rings. The van der Waals surface area contributed by atoms with Crippen molar-refractivity contribution in [2.75, 3.05) is 0 Å². The Morgan fingerprint density at radius 3 is 2.50 bits per heavy atom. The molecule has 3 aromatic rings. The molecule has 0 fully saturated rings. The summed E-state index contributed by atoms with van der Waals surface area (Å²) in [4.78, 5) is 15.6. The average molecular weight is 510 g/mol. The topological polar surface area (TPSA) is 74.0 Å². The zero-order valence-electron chi connectivity index (χ0n) is 15.4. The largest absolute Gasteiger partial charge is 0.486 e. The molecule has 0 bridgehead atoms. The molecule has 0 spiro atoms. The Morgan fingerprint density at radius 2 is 1.80 bits per heavy atom. The van der Waals surface area contributed by atoms with Gasteiger partial charge in [0.05, 0.1) is 20.6 Å². The summed E-state index contributed by atoms with van der Waals surface area (Å²) >= 11 is 15.7. The van der Waals surface area contributed by atoms with E-state index in [9.17, 15) is 10.1 Å². The molecule has 0 heterocycles. The van der Waals surface area contributed by atoms with Crippen LogP contribution in [0.5, 0.6) is 5.75 Å². The Labute approximate surface area is 191 Å². The third-order valence-electron chi connectivity index (χ3n) is 3.95. The van der Waals surface area contributed by atoms with Crippen molar-refractivity contribution in [3.8, 4) is 5.75 Å². The molecule has 0 amide bonds. The summed E-state index contributed by atoms with van der Waals surface area (Å²) in [6, 6.07) is 17.0. The fourth-order valence-corrected chi connectivity index (χ4v) is 3.61. The minimum Gasteiger partial charge on any atom is -0.486 e. The van der Waals surface area contributed by atoms with Crippen LogP contribution in [-0.4, -0.2) is 11.1 Å². The first-order valence-corrected chi connectivity index (χ1v) is 10.2. The van der Waals surface area contributed by atoms with Gasteiger partial charge in [-0.3, -0.25) is 10.1 Å². The van der Waals surface area contributed by atoms with Gasteiger partial charge >= 0.3 is 0 Å². The van der Waals surface area contributed by atoms with E-state index in [2.05, 4.69) is 21.1 Å². The van der Waals surface area contributed by atoms with E-state index in [0.29, 0.717) is 38.0 Å². The highest BCUT2D eigenvalue weighted by Crippen LogP contribution is 2.34. The first-order valence-electron chi connectivity index (χ1n) is 8.67. The molecule has 3 aromatic carbocycles. The van der Waals surface area contributed by atoms with Crippen LogP contribution in [-0.2, 0) is 18.1 Å². The van der Waals surface area contributed by atoms with Gasteiger partial charge in [-0.05, 0) is 56.9 Å². The molecule has 0 aliphatic carbocycles. The van der Waals surface area contributed by atoms with Gasteiger partial charge in [0.1, 0.15) is 13.2 Å². The van der Waals surface area contributed by atoms with Crippen molar-refractivity contribution in [3.63, 3.8) is 0 Å². The lowest BCUT2D eigenvalue weighted by molar-refractivity contribution is -0.384.